The van der Waals surface area contributed by atoms with Gasteiger partial charge in [-0.25, -0.2) is 0 Å². The van der Waals surface area contributed by atoms with Crippen molar-refractivity contribution in [2.45, 2.75) is 6.54 Å². The fraction of sp³-hybridized carbons (Fsp3) is 0.143. The monoisotopic (exact) mass is 354 g/mol. The zero-order valence-corrected chi connectivity index (χ0v) is 12.7. The molecule has 0 saturated heterocycles. The second-order valence-corrected chi connectivity index (χ2v) is 5.16. The lowest BCUT2D eigenvalue weighted by molar-refractivity contribution is -0.387. The van der Waals surface area contributed by atoms with Crippen LogP contribution in [0.15, 0.2) is 40.9 Å². The Morgan fingerprint density at radius 1 is 1.38 bits per heavy atom. The van der Waals surface area contributed by atoms with Gasteiger partial charge in [0.1, 0.15) is 5.75 Å². The Labute approximate surface area is 129 Å². The quantitative estimate of drug-likeness (QED) is 0.647. The number of rotatable bonds is 5. The van der Waals surface area contributed by atoms with Crippen molar-refractivity contribution in [2.24, 2.45) is 0 Å². The zero-order chi connectivity index (χ0) is 15.4. The van der Waals surface area contributed by atoms with Gasteiger partial charge in [-0.2, -0.15) is 4.39 Å². The van der Waals surface area contributed by atoms with E-state index in [-0.39, 0.29) is 12.1 Å². The van der Waals surface area contributed by atoms with Gasteiger partial charge >= 0.3 is 5.69 Å². The van der Waals surface area contributed by atoms with Crippen LogP contribution in [0, 0.1) is 15.9 Å². The first kappa shape index (κ1) is 15.2. The van der Waals surface area contributed by atoms with Crippen LogP contribution in [0.5, 0.6) is 5.75 Å². The predicted octanol–water partition coefficient (Wildman–Crippen LogP) is 4.12. The standard InChI is InChI=1S/C14H12BrFN2O3/c1-21-12-6-10(15)5-11(7-12)17-8-9-3-2-4-13(14(9)16)18(19)20/h2-7,17H,8H2,1H3. The molecule has 0 spiro atoms. The average Bonchev–Trinajstić information content (AvgIpc) is 2.45. The van der Waals surface area contributed by atoms with Crippen molar-refractivity contribution in [1.29, 1.82) is 0 Å². The van der Waals surface area contributed by atoms with E-state index in [0.29, 0.717) is 11.4 Å². The number of hydrogen-bond acceptors (Lipinski definition) is 4. The molecule has 0 bridgehead atoms. The second kappa shape index (κ2) is 6.53. The molecule has 110 valence electrons. The van der Waals surface area contributed by atoms with Gasteiger partial charge in [0, 0.05) is 34.4 Å². The Bertz CT molecular complexity index is 679. The minimum Gasteiger partial charge on any atom is -0.497 e. The van der Waals surface area contributed by atoms with Crippen LogP contribution in [-0.4, -0.2) is 12.0 Å². The Balaban J connectivity index is 2.19. The topological polar surface area (TPSA) is 64.4 Å². The molecule has 0 saturated carbocycles. The Morgan fingerprint density at radius 2 is 2.14 bits per heavy atom. The summed E-state index contributed by atoms with van der Waals surface area (Å²) in [6, 6.07) is 9.45. The zero-order valence-electron chi connectivity index (χ0n) is 11.1. The minimum atomic E-state index is -0.822. The van der Waals surface area contributed by atoms with Crippen LogP contribution in [0.2, 0.25) is 0 Å². The van der Waals surface area contributed by atoms with Crippen molar-refractivity contribution in [3.63, 3.8) is 0 Å². The van der Waals surface area contributed by atoms with Crippen molar-refractivity contribution < 1.29 is 14.1 Å². The number of nitrogens with zero attached hydrogens (tertiary/aromatic N) is 1. The molecule has 0 aromatic heterocycles. The highest BCUT2D eigenvalue weighted by atomic mass is 79.9. The third-order valence-corrected chi connectivity index (χ3v) is 3.30. The molecule has 0 fully saturated rings. The lowest BCUT2D eigenvalue weighted by Gasteiger charge is -2.10. The van der Waals surface area contributed by atoms with E-state index in [0.717, 1.165) is 10.5 Å². The number of hydrogen-bond donors (Lipinski definition) is 1. The fourth-order valence-corrected chi connectivity index (χ4v) is 2.30. The summed E-state index contributed by atoms with van der Waals surface area (Å²) in [5, 5.41) is 13.7. The van der Waals surface area contributed by atoms with E-state index in [4.69, 9.17) is 4.74 Å². The van der Waals surface area contributed by atoms with Crippen molar-refractivity contribution in [3.8, 4) is 5.75 Å². The molecular formula is C14H12BrFN2O3. The molecule has 0 amide bonds. The molecule has 1 N–H and O–H groups in total. The van der Waals surface area contributed by atoms with Crippen LogP contribution >= 0.6 is 15.9 Å². The maximum Gasteiger partial charge on any atom is 0.305 e. The van der Waals surface area contributed by atoms with Crippen LogP contribution < -0.4 is 10.1 Å². The summed E-state index contributed by atoms with van der Waals surface area (Å²) in [6.07, 6.45) is 0. The van der Waals surface area contributed by atoms with Gasteiger partial charge in [-0.1, -0.05) is 28.1 Å². The van der Waals surface area contributed by atoms with Gasteiger partial charge < -0.3 is 10.1 Å². The second-order valence-electron chi connectivity index (χ2n) is 4.24. The Hall–Kier alpha value is -2.15. The highest BCUT2D eigenvalue weighted by Crippen LogP contribution is 2.26. The van der Waals surface area contributed by atoms with Gasteiger partial charge in [-0.3, -0.25) is 10.1 Å². The molecule has 0 aliphatic carbocycles. The Morgan fingerprint density at radius 3 is 2.81 bits per heavy atom. The van der Waals surface area contributed by atoms with E-state index in [2.05, 4.69) is 21.2 Å². The SMILES string of the molecule is COc1cc(Br)cc(NCc2cccc([N+](=O)[O-])c2F)c1. The minimum absolute atomic E-state index is 0.132. The van der Waals surface area contributed by atoms with Gasteiger partial charge in [0.2, 0.25) is 5.82 Å². The molecule has 0 radical (unpaired) electrons. The van der Waals surface area contributed by atoms with Crippen LogP contribution in [0.3, 0.4) is 0 Å². The van der Waals surface area contributed by atoms with Crippen molar-refractivity contribution in [1.82, 2.24) is 0 Å². The summed E-state index contributed by atoms with van der Waals surface area (Å²) >= 11 is 3.34. The molecule has 2 aromatic rings. The van der Waals surface area contributed by atoms with E-state index in [1.54, 1.807) is 25.3 Å². The van der Waals surface area contributed by atoms with Crippen LogP contribution in [0.25, 0.3) is 0 Å². The van der Waals surface area contributed by atoms with E-state index in [9.17, 15) is 14.5 Å². The van der Waals surface area contributed by atoms with Crippen molar-refractivity contribution >= 4 is 27.3 Å². The molecule has 0 unspecified atom stereocenters. The van der Waals surface area contributed by atoms with Crippen molar-refractivity contribution in [2.75, 3.05) is 12.4 Å². The van der Waals surface area contributed by atoms with Gasteiger partial charge in [-0.15, -0.1) is 0 Å². The fourth-order valence-electron chi connectivity index (χ4n) is 1.82. The van der Waals surface area contributed by atoms with E-state index in [1.165, 1.54) is 12.1 Å². The average molecular weight is 355 g/mol. The van der Waals surface area contributed by atoms with E-state index < -0.39 is 16.4 Å². The molecule has 2 rings (SSSR count). The first-order valence-corrected chi connectivity index (χ1v) is 6.81. The molecule has 0 heterocycles. The molecule has 5 nitrogen and oxygen atoms in total. The Kier molecular flexibility index (Phi) is 4.74. The number of methoxy groups -OCH3 is 1. The predicted molar refractivity (Wildman–Crippen MR) is 81.1 cm³/mol. The van der Waals surface area contributed by atoms with Crippen LogP contribution in [0.4, 0.5) is 15.8 Å². The van der Waals surface area contributed by atoms with Gasteiger partial charge in [0.25, 0.3) is 0 Å². The number of nitro groups is 1. The van der Waals surface area contributed by atoms with Crippen molar-refractivity contribution in [3.05, 3.63) is 62.4 Å². The third-order valence-electron chi connectivity index (χ3n) is 2.84. The van der Waals surface area contributed by atoms with Crippen LogP contribution in [-0.2, 0) is 6.54 Å². The first-order valence-electron chi connectivity index (χ1n) is 6.01. The van der Waals surface area contributed by atoms with Gasteiger partial charge in [-0.05, 0) is 12.1 Å². The molecule has 7 heteroatoms. The smallest absolute Gasteiger partial charge is 0.305 e. The molecule has 0 atom stereocenters. The number of ether oxygens (including phenoxy) is 1. The number of nitro benzene ring substituents is 1. The molecule has 0 aliphatic heterocycles. The van der Waals surface area contributed by atoms with Crippen LogP contribution in [0.1, 0.15) is 5.56 Å². The lowest BCUT2D eigenvalue weighted by atomic mass is 10.2. The summed E-state index contributed by atoms with van der Waals surface area (Å²) < 4.78 is 19.9. The summed E-state index contributed by atoms with van der Waals surface area (Å²) in [5.74, 6) is -0.177. The largest absolute Gasteiger partial charge is 0.497 e. The maximum atomic E-state index is 13.9. The van der Waals surface area contributed by atoms with E-state index in [1.807, 2.05) is 0 Å². The third kappa shape index (κ3) is 3.69. The summed E-state index contributed by atoms with van der Waals surface area (Å²) in [6.45, 7) is 0.132. The molecule has 21 heavy (non-hydrogen) atoms. The first-order chi connectivity index (χ1) is 10.0. The molecule has 2 aromatic carbocycles. The summed E-state index contributed by atoms with van der Waals surface area (Å²) in [7, 11) is 1.55. The van der Waals surface area contributed by atoms with E-state index >= 15 is 0 Å². The summed E-state index contributed by atoms with van der Waals surface area (Å²) in [5.41, 5.74) is 0.413. The number of halogens is 2. The highest BCUT2D eigenvalue weighted by Gasteiger charge is 2.16. The number of anilines is 1. The van der Waals surface area contributed by atoms with Gasteiger partial charge in [0.05, 0.1) is 12.0 Å². The maximum absolute atomic E-state index is 13.9. The lowest BCUT2D eigenvalue weighted by Crippen LogP contribution is -2.04. The molecule has 0 aliphatic rings. The summed E-state index contributed by atoms with van der Waals surface area (Å²) in [4.78, 5) is 9.96. The molecular weight excluding hydrogens is 343 g/mol. The number of nitrogens with one attached hydrogen (secondary N) is 1. The number of benzene rings is 2. The highest BCUT2D eigenvalue weighted by molar-refractivity contribution is 9.10. The normalized spacial score (nSPS) is 10.2. The van der Waals surface area contributed by atoms with Gasteiger partial charge in [0.15, 0.2) is 0 Å².